The number of rotatable bonds is 3. The Morgan fingerprint density at radius 3 is 2.25 bits per heavy atom. The molecule has 1 fully saturated rings. The molecule has 2 aliphatic rings. The van der Waals surface area contributed by atoms with Gasteiger partial charge in [-0.1, -0.05) is 13.8 Å². The highest BCUT2D eigenvalue weighted by atomic mass is 19.1. The van der Waals surface area contributed by atoms with Gasteiger partial charge >= 0.3 is 0 Å². The minimum Gasteiger partial charge on any atom is -0.366 e. The maximum Gasteiger partial charge on any atom is 0.133 e. The normalized spacial score (nSPS) is 17.3. The molecule has 0 amide bonds. The molecular weight excluding hydrogens is 355 g/mol. The van der Waals surface area contributed by atoms with Crippen LogP contribution in [0.3, 0.4) is 0 Å². The zero-order chi connectivity index (χ0) is 20.1. The first kappa shape index (κ1) is 20.0. The Hall–Kier alpha value is -2.76. The van der Waals surface area contributed by atoms with E-state index in [1.165, 1.54) is 12.1 Å². The van der Waals surface area contributed by atoms with Gasteiger partial charge in [0, 0.05) is 36.8 Å². The molecule has 2 heterocycles. The topological polar surface area (TPSA) is 58.1 Å². The molecule has 28 heavy (non-hydrogen) atoms. The van der Waals surface area contributed by atoms with Crippen LogP contribution >= 0.6 is 0 Å². The molecule has 0 atom stereocenters. The van der Waals surface area contributed by atoms with Crippen LogP contribution in [0.4, 0.5) is 4.39 Å². The summed E-state index contributed by atoms with van der Waals surface area (Å²) in [4.78, 5) is 22.6. The summed E-state index contributed by atoms with van der Waals surface area (Å²) in [6.45, 7) is 6.52. The number of aryl methyl sites for hydroxylation is 1. The van der Waals surface area contributed by atoms with E-state index in [4.69, 9.17) is 0 Å². The van der Waals surface area contributed by atoms with E-state index in [1.54, 1.807) is 12.1 Å². The Bertz CT molecular complexity index is 836. The second-order valence-electron chi connectivity index (χ2n) is 6.82. The number of halogens is 1. The molecule has 148 valence electrons. The Labute approximate surface area is 165 Å². The van der Waals surface area contributed by atoms with Crippen molar-refractivity contribution in [3.05, 3.63) is 59.4 Å². The molecule has 1 saturated carbocycles. The van der Waals surface area contributed by atoms with Crippen LogP contribution in [0.1, 0.15) is 56.5 Å². The molecule has 0 radical (unpaired) electrons. The zero-order valence-electron chi connectivity index (χ0n) is 16.7. The Kier molecular flexibility index (Phi) is 6.39. The molecule has 1 aromatic carbocycles. The highest BCUT2D eigenvalue weighted by molar-refractivity contribution is 5.90. The van der Waals surface area contributed by atoms with Crippen molar-refractivity contribution in [2.45, 2.75) is 52.5 Å². The summed E-state index contributed by atoms with van der Waals surface area (Å²) in [5.41, 5.74) is 3.83. The van der Waals surface area contributed by atoms with Gasteiger partial charge in [0.2, 0.25) is 0 Å². The van der Waals surface area contributed by atoms with Crippen molar-refractivity contribution in [3.63, 3.8) is 0 Å². The van der Waals surface area contributed by atoms with E-state index < -0.39 is 0 Å². The van der Waals surface area contributed by atoms with E-state index in [-0.39, 0.29) is 5.82 Å². The minimum absolute atomic E-state index is 0.254. The summed E-state index contributed by atoms with van der Waals surface area (Å²) in [6, 6.07) is 6.79. The highest BCUT2D eigenvalue weighted by Crippen LogP contribution is 2.36. The Morgan fingerprint density at radius 2 is 1.64 bits per heavy atom. The fourth-order valence-electron chi connectivity index (χ4n) is 3.70. The second-order valence-corrected chi connectivity index (χ2v) is 6.82. The van der Waals surface area contributed by atoms with Crippen molar-refractivity contribution in [1.82, 2.24) is 20.2 Å². The van der Waals surface area contributed by atoms with Gasteiger partial charge < -0.3 is 10.2 Å². The van der Waals surface area contributed by atoms with Crippen molar-refractivity contribution in [3.8, 4) is 0 Å². The highest BCUT2D eigenvalue weighted by Gasteiger charge is 2.32. The van der Waals surface area contributed by atoms with Crippen LogP contribution in [0.15, 0.2) is 36.7 Å². The van der Waals surface area contributed by atoms with Crippen molar-refractivity contribution in [2.24, 2.45) is 0 Å². The van der Waals surface area contributed by atoms with Gasteiger partial charge in [-0.05, 0) is 49.6 Å². The first-order valence-electron chi connectivity index (χ1n) is 9.93. The summed E-state index contributed by atoms with van der Waals surface area (Å²) in [5, 5.41) is 3.46. The van der Waals surface area contributed by atoms with Crippen molar-refractivity contribution in [1.29, 1.82) is 0 Å². The Balaban J connectivity index is 0.00000109. The lowest BCUT2D eigenvalue weighted by Crippen LogP contribution is -2.37. The van der Waals surface area contributed by atoms with Crippen LogP contribution in [0.2, 0.25) is 0 Å². The van der Waals surface area contributed by atoms with Gasteiger partial charge in [-0.15, -0.1) is 0 Å². The molecule has 5 nitrogen and oxygen atoms in total. The van der Waals surface area contributed by atoms with Crippen LogP contribution in [0, 0.1) is 12.7 Å². The van der Waals surface area contributed by atoms with Crippen LogP contribution < -0.4 is 5.32 Å². The zero-order valence-corrected chi connectivity index (χ0v) is 16.7. The number of nitrogens with zero attached hydrogens (tertiary/aromatic N) is 3. The lowest BCUT2D eigenvalue weighted by Gasteiger charge is -2.33. The molecular formula is C22H27FN4O. The lowest BCUT2D eigenvalue weighted by atomic mass is 9.92. The average Bonchev–Trinajstić information content (AvgIpc) is 3.16. The number of hydrogen-bond acceptors (Lipinski definition) is 5. The van der Waals surface area contributed by atoms with E-state index in [1.807, 2.05) is 33.2 Å². The number of carbonyl (C=O) groups is 1. The molecule has 1 aliphatic heterocycles. The third-order valence-corrected chi connectivity index (χ3v) is 5.09. The molecule has 2 aromatic rings. The second kappa shape index (κ2) is 8.95. The van der Waals surface area contributed by atoms with Gasteiger partial charge in [0.1, 0.15) is 17.4 Å². The van der Waals surface area contributed by atoms with Crippen molar-refractivity contribution >= 4 is 17.2 Å². The predicted molar refractivity (Wildman–Crippen MR) is 108 cm³/mol. The van der Waals surface area contributed by atoms with E-state index in [0.29, 0.717) is 31.3 Å². The van der Waals surface area contributed by atoms with Gasteiger partial charge in [-0.3, -0.25) is 4.79 Å². The van der Waals surface area contributed by atoms with Gasteiger partial charge in [0.05, 0.1) is 18.1 Å². The fourth-order valence-corrected chi connectivity index (χ4v) is 3.70. The Morgan fingerprint density at radius 1 is 1.04 bits per heavy atom. The van der Waals surface area contributed by atoms with Crippen LogP contribution in [0.25, 0.3) is 11.4 Å². The molecule has 1 aromatic heterocycles. The number of benzene rings is 1. The molecule has 0 bridgehead atoms. The number of carbonyl (C=O) groups excluding carboxylic acids is 1. The van der Waals surface area contributed by atoms with E-state index in [2.05, 4.69) is 20.2 Å². The number of ketones is 1. The monoisotopic (exact) mass is 382 g/mol. The molecule has 4 rings (SSSR count). The number of aromatic nitrogens is 2. The van der Waals surface area contributed by atoms with Gasteiger partial charge in [0.25, 0.3) is 0 Å². The first-order chi connectivity index (χ1) is 13.6. The summed E-state index contributed by atoms with van der Waals surface area (Å²) in [7, 11) is 0. The predicted octanol–water partition coefficient (Wildman–Crippen LogP) is 4.15. The first-order valence-corrected chi connectivity index (χ1v) is 9.93. The van der Waals surface area contributed by atoms with Crippen molar-refractivity contribution in [2.75, 3.05) is 6.67 Å². The third-order valence-electron chi connectivity index (χ3n) is 5.09. The molecule has 0 spiro atoms. The summed E-state index contributed by atoms with van der Waals surface area (Å²) < 4.78 is 13.3. The smallest absolute Gasteiger partial charge is 0.133 e. The maximum atomic E-state index is 13.3. The SMILES string of the molecule is CC.Cc1ncc(C2=C(c3ccc(F)cc3)NCN2C2CCC(=O)CC2)cn1. The largest absolute Gasteiger partial charge is 0.366 e. The third kappa shape index (κ3) is 4.21. The minimum atomic E-state index is -0.254. The number of nitrogens with one attached hydrogen (secondary N) is 1. The van der Waals surface area contributed by atoms with Gasteiger partial charge in [-0.2, -0.15) is 0 Å². The molecule has 0 saturated heterocycles. The van der Waals surface area contributed by atoms with Crippen molar-refractivity contribution < 1.29 is 9.18 Å². The lowest BCUT2D eigenvalue weighted by molar-refractivity contribution is -0.121. The standard InChI is InChI=1S/C20H21FN4O.C2H6/c1-13-22-10-15(11-23-13)20-19(14-2-4-16(21)5-3-14)24-12-25(20)17-6-8-18(26)9-7-17;1-2/h2-5,10-11,17,24H,6-9,12H2,1H3;1-2H3. The summed E-state index contributed by atoms with van der Waals surface area (Å²) in [6.07, 6.45) is 6.63. The number of hydrogen-bond donors (Lipinski definition) is 1. The molecule has 6 heteroatoms. The molecule has 1 aliphatic carbocycles. The van der Waals surface area contributed by atoms with Crippen LogP contribution in [-0.2, 0) is 4.79 Å². The van der Waals surface area contributed by atoms with Crippen LogP contribution in [-0.4, -0.2) is 33.4 Å². The van der Waals surface area contributed by atoms with E-state index >= 15 is 0 Å². The summed E-state index contributed by atoms with van der Waals surface area (Å²) in [5.74, 6) is 0.810. The fraction of sp³-hybridized carbons (Fsp3) is 0.409. The van der Waals surface area contributed by atoms with Crippen LogP contribution in [0.5, 0.6) is 0 Å². The van der Waals surface area contributed by atoms with Gasteiger partial charge in [-0.25, -0.2) is 14.4 Å². The molecule has 0 unspecified atom stereocenters. The average molecular weight is 382 g/mol. The van der Waals surface area contributed by atoms with E-state index in [0.717, 1.165) is 41.2 Å². The van der Waals surface area contributed by atoms with E-state index in [9.17, 15) is 9.18 Å². The summed E-state index contributed by atoms with van der Waals surface area (Å²) >= 11 is 0. The number of Topliss-reactive ketones (excluding diaryl/α,β-unsaturated/α-hetero) is 1. The molecule has 1 N–H and O–H groups in total. The van der Waals surface area contributed by atoms with Gasteiger partial charge in [0.15, 0.2) is 0 Å². The quantitative estimate of drug-likeness (QED) is 0.864. The maximum absolute atomic E-state index is 13.3.